The number of alkyl halides is 3. The number of aliphatic hydroxyl groups excluding tert-OH is 2. The van der Waals surface area contributed by atoms with Gasteiger partial charge in [0.2, 0.25) is 0 Å². The Bertz CT molecular complexity index is 1620. The van der Waals surface area contributed by atoms with Crippen molar-refractivity contribution in [2.75, 3.05) is 44.1 Å². The first-order valence-corrected chi connectivity index (χ1v) is 14.3. The topological polar surface area (TPSA) is 142 Å². The molecular weight excluding hydrogens is 597 g/mol. The zero-order chi connectivity index (χ0) is 33.4. The van der Waals surface area contributed by atoms with Crippen molar-refractivity contribution in [3.63, 3.8) is 0 Å². The number of nitrogens with zero attached hydrogens (tertiary/aromatic N) is 2. The number of amides is 2. The van der Waals surface area contributed by atoms with E-state index in [0.717, 1.165) is 0 Å². The van der Waals surface area contributed by atoms with Crippen molar-refractivity contribution in [2.45, 2.75) is 58.0 Å². The Morgan fingerprint density at radius 3 is 2.22 bits per heavy atom. The molecule has 2 aromatic carbocycles. The lowest BCUT2D eigenvalue weighted by molar-refractivity contribution is -0.167. The second-order valence-corrected chi connectivity index (χ2v) is 11.8. The van der Waals surface area contributed by atoms with Crippen LogP contribution >= 0.6 is 0 Å². The number of benzene rings is 2. The van der Waals surface area contributed by atoms with Crippen LogP contribution in [-0.4, -0.2) is 84.6 Å². The maximum Gasteiger partial charge on any atom is 0.471 e. The highest BCUT2D eigenvalue weighted by Crippen LogP contribution is 2.42. The van der Waals surface area contributed by atoms with E-state index in [0.29, 0.717) is 22.4 Å². The van der Waals surface area contributed by atoms with Crippen LogP contribution in [0, 0.1) is 0 Å². The molecule has 1 aliphatic rings. The number of β-amino-alcohol motifs (C(OH)–C–C–N with tert-alkyl or cyclic N) is 2. The van der Waals surface area contributed by atoms with Crippen LogP contribution in [0.4, 0.5) is 24.7 Å². The lowest BCUT2D eigenvalue weighted by Crippen LogP contribution is -2.31. The zero-order valence-corrected chi connectivity index (χ0v) is 25.8. The van der Waals surface area contributed by atoms with Crippen molar-refractivity contribution in [1.29, 1.82) is 0 Å². The fourth-order valence-corrected chi connectivity index (χ4v) is 5.32. The SMILES string of the molecule is CCOc1cc2cn(CC(=O)c3cc(N4C[C@@H](O)[C@H](O)C4)c(OC)c(C(C)(C)C)c3)c(NC(=O)C(F)(F)F)c2cc1C(=O)NC. The molecule has 0 unspecified atom stereocenters. The predicted molar refractivity (Wildman–Crippen MR) is 161 cm³/mol. The van der Waals surface area contributed by atoms with Crippen molar-refractivity contribution in [3.05, 3.63) is 47.2 Å². The number of rotatable bonds is 9. The molecule has 11 nitrogen and oxygen atoms in total. The van der Waals surface area contributed by atoms with E-state index < -0.39 is 47.9 Å². The highest BCUT2D eigenvalue weighted by Gasteiger charge is 2.40. The van der Waals surface area contributed by atoms with Crippen LogP contribution in [-0.2, 0) is 16.8 Å². The molecule has 1 aromatic heterocycles. The Hall–Kier alpha value is -4.30. The third-order valence-electron chi connectivity index (χ3n) is 7.57. The normalized spacial score (nSPS) is 17.0. The van der Waals surface area contributed by atoms with Gasteiger partial charge < -0.3 is 39.8 Å². The zero-order valence-electron chi connectivity index (χ0n) is 25.8. The van der Waals surface area contributed by atoms with E-state index in [9.17, 15) is 37.8 Å². The Kier molecular flexibility index (Phi) is 9.40. The molecule has 0 bridgehead atoms. The number of ether oxygens (including phenoxy) is 2. The standard InChI is InChI=1S/C31H37F3N4O7/c1-7-45-25-10-17-12-38(27(36-29(43)31(32,33)34)18(17)11-19(25)28(42)35-5)13-22(39)16-8-20(30(2,3)4)26(44-6)21(9-16)37-14-23(40)24(41)15-37/h8-12,23-24,40-41H,7,13-15H2,1-6H3,(H,35,42)(H,36,43)/t23-,24-/m1/s1. The van der Waals surface area contributed by atoms with E-state index in [-0.39, 0.29) is 47.8 Å². The molecule has 0 saturated carbocycles. The number of hydrogen-bond donors (Lipinski definition) is 4. The van der Waals surface area contributed by atoms with Gasteiger partial charge in [-0.25, -0.2) is 0 Å². The molecule has 45 heavy (non-hydrogen) atoms. The molecule has 14 heteroatoms. The Morgan fingerprint density at radius 1 is 1.04 bits per heavy atom. The molecule has 1 saturated heterocycles. The Labute approximate surface area is 257 Å². The van der Waals surface area contributed by atoms with Gasteiger partial charge in [0.05, 0.1) is 43.7 Å². The van der Waals surface area contributed by atoms with Crippen molar-refractivity contribution in [1.82, 2.24) is 9.88 Å². The lowest BCUT2D eigenvalue weighted by atomic mass is 9.84. The van der Waals surface area contributed by atoms with Gasteiger partial charge in [-0.2, -0.15) is 13.2 Å². The summed E-state index contributed by atoms with van der Waals surface area (Å²) in [6, 6.07) is 5.96. The molecule has 2 heterocycles. The number of aromatic nitrogens is 1. The number of fused-ring (bicyclic) bond motifs is 1. The molecule has 1 aliphatic heterocycles. The molecule has 2 amide bonds. The van der Waals surface area contributed by atoms with E-state index >= 15 is 0 Å². The number of halogens is 3. The highest BCUT2D eigenvalue weighted by atomic mass is 19.4. The number of carbonyl (C=O) groups excluding carboxylic acids is 3. The largest absolute Gasteiger partial charge is 0.494 e. The van der Waals surface area contributed by atoms with E-state index in [1.807, 2.05) is 26.1 Å². The van der Waals surface area contributed by atoms with Crippen LogP contribution in [0.3, 0.4) is 0 Å². The monoisotopic (exact) mass is 634 g/mol. The summed E-state index contributed by atoms with van der Waals surface area (Å²) in [5, 5.41) is 25.1. The molecule has 4 rings (SSSR count). The van der Waals surface area contributed by atoms with E-state index in [1.165, 1.54) is 37.1 Å². The summed E-state index contributed by atoms with van der Waals surface area (Å²) >= 11 is 0. The molecule has 1 fully saturated rings. The van der Waals surface area contributed by atoms with Gasteiger partial charge in [0.1, 0.15) is 17.3 Å². The summed E-state index contributed by atoms with van der Waals surface area (Å²) in [6.45, 7) is 7.35. The van der Waals surface area contributed by atoms with Crippen molar-refractivity contribution < 1.29 is 47.2 Å². The minimum Gasteiger partial charge on any atom is -0.494 e. The first kappa shape index (κ1) is 33.6. The average Bonchev–Trinajstić information content (AvgIpc) is 3.47. The molecule has 244 valence electrons. The first-order chi connectivity index (χ1) is 21.0. The van der Waals surface area contributed by atoms with Gasteiger partial charge in [-0.05, 0) is 36.6 Å². The molecule has 0 aliphatic carbocycles. The maximum atomic E-state index is 13.9. The highest BCUT2D eigenvalue weighted by molar-refractivity contribution is 6.08. The maximum absolute atomic E-state index is 13.9. The summed E-state index contributed by atoms with van der Waals surface area (Å²) < 4.78 is 52.6. The second kappa shape index (κ2) is 12.6. The van der Waals surface area contributed by atoms with E-state index in [1.54, 1.807) is 24.0 Å². The summed E-state index contributed by atoms with van der Waals surface area (Å²) in [4.78, 5) is 40.3. The molecular formula is C31H37F3N4O7. The summed E-state index contributed by atoms with van der Waals surface area (Å²) in [6.07, 6.45) is -5.85. The molecule has 4 N–H and O–H groups in total. The first-order valence-electron chi connectivity index (χ1n) is 14.3. The van der Waals surface area contributed by atoms with E-state index in [2.05, 4.69) is 5.32 Å². The number of nitrogens with one attached hydrogen (secondary N) is 2. The van der Waals surface area contributed by atoms with Crippen molar-refractivity contribution in [3.8, 4) is 11.5 Å². The van der Waals surface area contributed by atoms with Gasteiger partial charge in [0.25, 0.3) is 5.91 Å². The van der Waals surface area contributed by atoms with Crippen LogP contribution in [0.1, 0.15) is 54.0 Å². The van der Waals surface area contributed by atoms with Crippen molar-refractivity contribution >= 4 is 39.9 Å². The average molecular weight is 635 g/mol. The van der Waals surface area contributed by atoms with Gasteiger partial charge in [-0.3, -0.25) is 14.4 Å². The number of Topliss-reactive ketones (excluding diaryl/α,β-unsaturated/α-hetero) is 1. The number of hydrogen-bond acceptors (Lipinski definition) is 8. The quantitative estimate of drug-likeness (QED) is 0.262. The van der Waals surface area contributed by atoms with Gasteiger partial charge in [0.15, 0.2) is 5.78 Å². The molecule has 0 radical (unpaired) electrons. The fraction of sp³-hybridized carbons (Fsp3) is 0.452. The molecule has 3 aromatic rings. The van der Waals surface area contributed by atoms with Crippen LogP contribution < -0.4 is 25.0 Å². The van der Waals surface area contributed by atoms with Crippen molar-refractivity contribution in [2.24, 2.45) is 0 Å². The Morgan fingerprint density at radius 2 is 1.69 bits per heavy atom. The minimum absolute atomic E-state index is 0.0306. The third kappa shape index (κ3) is 6.86. The molecule has 2 atom stereocenters. The number of aliphatic hydroxyl groups is 2. The number of carbonyl (C=O) groups is 3. The number of methoxy groups -OCH3 is 1. The van der Waals surface area contributed by atoms with Gasteiger partial charge in [-0.1, -0.05) is 20.8 Å². The third-order valence-corrected chi connectivity index (χ3v) is 7.57. The Balaban J connectivity index is 1.86. The summed E-state index contributed by atoms with van der Waals surface area (Å²) in [5.41, 5.74) is 0.819. The van der Waals surface area contributed by atoms with Crippen LogP contribution in [0.15, 0.2) is 30.5 Å². The summed E-state index contributed by atoms with van der Waals surface area (Å²) in [7, 11) is 2.86. The fourth-order valence-electron chi connectivity index (χ4n) is 5.32. The van der Waals surface area contributed by atoms with Gasteiger partial charge >= 0.3 is 12.1 Å². The lowest BCUT2D eigenvalue weighted by Gasteiger charge is -2.28. The number of anilines is 2. The van der Waals surface area contributed by atoms with Gasteiger partial charge in [-0.15, -0.1) is 0 Å². The second-order valence-electron chi connectivity index (χ2n) is 11.8. The van der Waals surface area contributed by atoms with Crippen LogP contribution in [0.25, 0.3) is 10.8 Å². The van der Waals surface area contributed by atoms with Gasteiger partial charge in [0, 0.05) is 48.2 Å². The van der Waals surface area contributed by atoms with Crippen LogP contribution in [0.2, 0.25) is 0 Å². The predicted octanol–water partition coefficient (Wildman–Crippen LogP) is 3.63. The smallest absolute Gasteiger partial charge is 0.471 e. The number of ketones is 1. The molecule has 0 spiro atoms. The van der Waals surface area contributed by atoms with E-state index in [4.69, 9.17) is 9.47 Å². The minimum atomic E-state index is -5.22. The summed E-state index contributed by atoms with van der Waals surface area (Å²) in [5.74, 6) is -3.02. The van der Waals surface area contributed by atoms with Crippen LogP contribution in [0.5, 0.6) is 11.5 Å².